The van der Waals surface area contributed by atoms with Gasteiger partial charge < -0.3 is 9.80 Å². The van der Waals surface area contributed by atoms with Gasteiger partial charge in [0.25, 0.3) is 0 Å². The first-order valence-electron chi connectivity index (χ1n) is 7.41. The van der Waals surface area contributed by atoms with Gasteiger partial charge in [0.1, 0.15) is 0 Å². The Kier molecular flexibility index (Phi) is 6.49. The van der Waals surface area contributed by atoms with Gasteiger partial charge in [-0.25, -0.2) is 0 Å². The lowest BCUT2D eigenvalue weighted by atomic mass is 10.2. The van der Waals surface area contributed by atoms with Crippen LogP contribution >= 0.6 is 0 Å². The predicted molar refractivity (Wildman–Crippen MR) is 81.2 cm³/mol. The Bertz CT molecular complexity index is 375. The first-order chi connectivity index (χ1) is 9.54. The van der Waals surface area contributed by atoms with Gasteiger partial charge in [0.2, 0.25) is 11.8 Å². The van der Waals surface area contributed by atoms with Crippen LogP contribution in [0, 0.1) is 0 Å². The van der Waals surface area contributed by atoms with Crippen LogP contribution in [-0.2, 0) is 9.59 Å². The number of amides is 2. The fraction of sp³-hybridized carbons (Fsp3) is 0.625. The fourth-order valence-corrected chi connectivity index (χ4v) is 2.27. The second kappa shape index (κ2) is 7.88. The first kappa shape index (κ1) is 16.5. The van der Waals surface area contributed by atoms with Gasteiger partial charge in [-0.1, -0.05) is 20.1 Å². The molecular weight excluding hydrogens is 252 g/mol. The lowest BCUT2D eigenvalue weighted by Gasteiger charge is -2.29. The van der Waals surface area contributed by atoms with E-state index in [0.717, 1.165) is 25.7 Å². The van der Waals surface area contributed by atoms with Crippen LogP contribution in [0.15, 0.2) is 25.3 Å². The van der Waals surface area contributed by atoms with E-state index in [0.29, 0.717) is 19.1 Å². The zero-order valence-corrected chi connectivity index (χ0v) is 12.7. The fourth-order valence-electron chi connectivity index (χ4n) is 2.27. The van der Waals surface area contributed by atoms with Crippen LogP contribution in [0.25, 0.3) is 0 Å². The van der Waals surface area contributed by atoms with Gasteiger partial charge in [0, 0.05) is 25.2 Å². The number of hydrogen-bond donors (Lipinski definition) is 0. The molecule has 1 rings (SSSR count). The van der Waals surface area contributed by atoms with Gasteiger partial charge in [-0.2, -0.15) is 0 Å². The molecule has 0 saturated heterocycles. The minimum Gasteiger partial charge on any atom is -0.336 e. The third-order valence-electron chi connectivity index (χ3n) is 3.82. The van der Waals surface area contributed by atoms with Crippen LogP contribution in [0.1, 0.15) is 39.5 Å². The maximum absolute atomic E-state index is 11.8. The zero-order chi connectivity index (χ0) is 15.1. The monoisotopic (exact) mass is 278 g/mol. The molecule has 2 amide bonds. The van der Waals surface area contributed by atoms with Gasteiger partial charge >= 0.3 is 0 Å². The van der Waals surface area contributed by atoms with Gasteiger partial charge in [-0.05, 0) is 44.8 Å². The summed E-state index contributed by atoms with van der Waals surface area (Å²) in [6.45, 7) is 12.5. The Morgan fingerprint density at radius 3 is 2.25 bits per heavy atom. The smallest absolute Gasteiger partial charge is 0.246 e. The Balaban J connectivity index is 2.49. The number of carbonyl (C=O) groups is 2. The topological polar surface area (TPSA) is 40.6 Å². The van der Waals surface area contributed by atoms with Crippen molar-refractivity contribution in [1.29, 1.82) is 0 Å². The van der Waals surface area contributed by atoms with E-state index in [1.54, 1.807) is 0 Å². The van der Waals surface area contributed by atoms with E-state index in [1.807, 2.05) is 16.7 Å². The molecule has 0 aliphatic heterocycles. The molecule has 0 bridgehead atoms. The third-order valence-corrected chi connectivity index (χ3v) is 3.82. The summed E-state index contributed by atoms with van der Waals surface area (Å²) in [7, 11) is 0. The lowest BCUT2D eigenvalue weighted by molar-refractivity contribution is -0.128. The van der Waals surface area contributed by atoms with Crippen molar-refractivity contribution < 1.29 is 9.59 Å². The molecular formula is C16H26N2O2. The van der Waals surface area contributed by atoms with Crippen molar-refractivity contribution in [2.45, 2.75) is 51.6 Å². The second-order valence-corrected chi connectivity index (χ2v) is 5.31. The summed E-state index contributed by atoms with van der Waals surface area (Å²) in [5.74, 6) is -0.0370. The second-order valence-electron chi connectivity index (χ2n) is 5.31. The largest absolute Gasteiger partial charge is 0.336 e. The number of nitrogens with zero attached hydrogens (tertiary/aromatic N) is 2. The summed E-state index contributed by atoms with van der Waals surface area (Å²) < 4.78 is 0. The van der Waals surface area contributed by atoms with Crippen LogP contribution in [-0.4, -0.2) is 46.8 Å². The maximum Gasteiger partial charge on any atom is 0.246 e. The number of carbonyl (C=O) groups excluding carboxylic acids is 2. The lowest BCUT2D eigenvalue weighted by Crippen LogP contribution is -2.40. The summed E-state index contributed by atoms with van der Waals surface area (Å²) >= 11 is 0. The quantitative estimate of drug-likeness (QED) is 0.608. The predicted octanol–water partition coefficient (Wildman–Crippen LogP) is 2.37. The zero-order valence-electron chi connectivity index (χ0n) is 12.7. The van der Waals surface area contributed by atoms with E-state index in [9.17, 15) is 9.59 Å². The van der Waals surface area contributed by atoms with Crippen molar-refractivity contribution in [1.82, 2.24) is 9.80 Å². The summed E-state index contributed by atoms with van der Waals surface area (Å²) in [4.78, 5) is 27.3. The molecule has 0 spiro atoms. The molecule has 1 aliphatic rings. The van der Waals surface area contributed by atoms with Gasteiger partial charge in [0.15, 0.2) is 0 Å². The van der Waals surface area contributed by atoms with Gasteiger partial charge in [-0.3, -0.25) is 9.59 Å². The molecule has 1 unspecified atom stereocenters. The molecule has 0 aromatic carbocycles. The molecule has 1 fully saturated rings. The van der Waals surface area contributed by atoms with E-state index in [2.05, 4.69) is 20.1 Å². The minimum atomic E-state index is -0.0348. The highest BCUT2D eigenvalue weighted by molar-refractivity contribution is 5.88. The van der Waals surface area contributed by atoms with Gasteiger partial charge in [0.05, 0.1) is 0 Å². The van der Waals surface area contributed by atoms with Crippen molar-refractivity contribution in [2.24, 2.45) is 0 Å². The molecule has 0 N–H and O–H groups in total. The summed E-state index contributed by atoms with van der Waals surface area (Å²) in [5.41, 5.74) is 0. The van der Waals surface area contributed by atoms with E-state index in [4.69, 9.17) is 0 Å². The molecule has 1 aliphatic carbocycles. The summed E-state index contributed by atoms with van der Waals surface area (Å²) in [6, 6.07) is 0.581. The molecule has 4 nitrogen and oxygen atoms in total. The normalized spacial score (nSPS) is 15.3. The van der Waals surface area contributed by atoms with Crippen LogP contribution in [0.2, 0.25) is 0 Å². The van der Waals surface area contributed by atoms with E-state index in [1.165, 1.54) is 12.2 Å². The maximum atomic E-state index is 11.8. The molecule has 1 atom stereocenters. The van der Waals surface area contributed by atoms with Crippen LogP contribution in [0.3, 0.4) is 0 Å². The van der Waals surface area contributed by atoms with Crippen molar-refractivity contribution in [3.63, 3.8) is 0 Å². The molecule has 0 aromatic heterocycles. The summed E-state index contributed by atoms with van der Waals surface area (Å²) in [6.07, 6.45) is 6.61. The van der Waals surface area contributed by atoms with Crippen molar-refractivity contribution in [2.75, 3.05) is 13.1 Å². The first-order valence-corrected chi connectivity index (χ1v) is 7.41. The van der Waals surface area contributed by atoms with Crippen molar-refractivity contribution in [3.05, 3.63) is 25.3 Å². The summed E-state index contributed by atoms with van der Waals surface area (Å²) in [5, 5.41) is 0. The number of hydrogen-bond acceptors (Lipinski definition) is 2. The Labute approximate surface area is 122 Å². The van der Waals surface area contributed by atoms with Crippen molar-refractivity contribution in [3.8, 4) is 0 Å². The minimum absolute atomic E-state index is 0.00219. The van der Waals surface area contributed by atoms with E-state index in [-0.39, 0.29) is 17.9 Å². The standard InChI is InChI=1S/C16H26N2O2/c1-5-13(4)17(15(19)6-2)11-8-12-18(14-9-10-14)16(20)7-3/h6-7,13-14H,2-3,5,8-12H2,1,4H3. The molecule has 20 heavy (non-hydrogen) atoms. The Hall–Kier alpha value is -1.58. The highest BCUT2D eigenvalue weighted by Crippen LogP contribution is 2.27. The highest BCUT2D eigenvalue weighted by Gasteiger charge is 2.31. The van der Waals surface area contributed by atoms with Crippen LogP contribution in [0.5, 0.6) is 0 Å². The molecule has 1 saturated carbocycles. The Morgan fingerprint density at radius 2 is 1.80 bits per heavy atom. The van der Waals surface area contributed by atoms with E-state index >= 15 is 0 Å². The third kappa shape index (κ3) is 4.51. The average molecular weight is 278 g/mol. The molecule has 4 heteroatoms. The van der Waals surface area contributed by atoms with Crippen LogP contribution < -0.4 is 0 Å². The Morgan fingerprint density at radius 1 is 1.20 bits per heavy atom. The van der Waals surface area contributed by atoms with Gasteiger partial charge in [-0.15, -0.1) is 0 Å². The molecule has 0 aromatic rings. The highest BCUT2D eigenvalue weighted by atomic mass is 16.2. The van der Waals surface area contributed by atoms with Crippen LogP contribution in [0.4, 0.5) is 0 Å². The number of rotatable bonds is 9. The molecule has 0 radical (unpaired) electrons. The average Bonchev–Trinajstić information content (AvgIpc) is 3.29. The molecule has 0 heterocycles. The SMILES string of the molecule is C=CC(=O)N(CCCN(C(=O)C=C)C1CC1)C(C)CC. The van der Waals surface area contributed by atoms with Crippen molar-refractivity contribution >= 4 is 11.8 Å². The van der Waals surface area contributed by atoms with E-state index < -0.39 is 0 Å². The molecule has 112 valence electrons.